The second-order valence-corrected chi connectivity index (χ2v) is 5.94. The third kappa shape index (κ3) is 2.83. The van der Waals surface area contributed by atoms with Gasteiger partial charge >= 0.3 is 11.9 Å². The number of fused-ring (bicyclic) bond motifs is 2. The summed E-state index contributed by atoms with van der Waals surface area (Å²) in [6.07, 6.45) is 0. The Hall–Kier alpha value is -2.88. The molecule has 0 atom stereocenters. The Morgan fingerprint density at radius 1 is 0.667 bits per heavy atom. The van der Waals surface area contributed by atoms with Crippen LogP contribution in [0.3, 0.4) is 0 Å². The number of hydrogen-bond donors (Lipinski definition) is 0. The number of ether oxygens (including phenoxy) is 2. The van der Waals surface area contributed by atoms with E-state index in [1.807, 2.05) is 50.2 Å². The third-order valence-electron chi connectivity index (χ3n) is 3.82. The minimum atomic E-state index is -0.390. The van der Waals surface area contributed by atoms with Crippen molar-refractivity contribution in [1.82, 2.24) is 0 Å². The Morgan fingerprint density at radius 2 is 1.04 bits per heavy atom. The summed E-state index contributed by atoms with van der Waals surface area (Å²) >= 11 is 0. The van der Waals surface area contributed by atoms with Gasteiger partial charge in [-0.2, -0.15) is 0 Å². The number of carbonyl (C=O) groups is 2. The third-order valence-corrected chi connectivity index (χ3v) is 3.82. The van der Waals surface area contributed by atoms with Gasteiger partial charge in [0.05, 0.1) is 0 Å². The van der Waals surface area contributed by atoms with Crippen LogP contribution in [0.25, 0.3) is 21.5 Å². The maximum absolute atomic E-state index is 11.6. The van der Waals surface area contributed by atoms with Crippen LogP contribution < -0.4 is 9.47 Å². The van der Waals surface area contributed by atoms with Gasteiger partial charge in [-0.25, -0.2) is 0 Å². The topological polar surface area (TPSA) is 52.6 Å². The molecule has 4 heteroatoms. The van der Waals surface area contributed by atoms with E-state index in [0.29, 0.717) is 11.5 Å². The van der Waals surface area contributed by atoms with Gasteiger partial charge in [0, 0.05) is 35.4 Å². The van der Waals surface area contributed by atoms with Crippen LogP contribution in [0.1, 0.15) is 25.0 Å². The molecule has 0 fully saturated rings. The lowest BCUT2D eigenvalue weighted by molar-refractivity contribution is -0.132. The highest BCUT2D eigenvalue weighted by Crippen LogP contribution is 2.43. The minimum absolute atomic E-state index is 0.388. The van der Waals surface area contributed by atoms with Crippen molar-refractivity contribution in [2.75, 3.05) is 0 Å². The molecule has 0 aliphatic carbocycles. The summed E-state index contributed by atoms with van der Waals surface area (Å²) < 4.78 is 11.0. The maximum Gasteiger partial charge on any atom is 0.308 e. The van der Waals surface area contributed by atoms with Gasteiger partial charge < -0.3 is 9.47 Å². The molecule has 0 aliphatic rings. The molecule has 0 saturated heterocycles. The second-order valence-electron chi connectivity index (χ2n) is 5.94. The average Bonchev–Trinajstić information content (AvgIpc) is 2.49. The Labute approximate surface area is 140 Å². The molecule has 0 N–H and O–H groups in total. The first-order valence-electron chi connectivity index (χ1n) is 7.70. The van der Waals surface area contributed by atoms with E-state index < -0.39 is 0 Å². The van der Waals surface area contributed by atoms with Crippen LogP contribution in [0.4, 0.5) is 0 Å². The summed E-state index contributed by atoms with van der Waals surface area (Å²) in [5.41, 5.74) is 2.05. The highest BCUT2D eigenvalue weighted by molar-refractivity contribution is 6.12. The van der Waals surface area contributed by atoms with E-state index >= 15 is 0 Å². The first-order valence-corrected chi connectivity index (χ1v) is 7.70. The van der Waals surface area contributed by atoms with Crippen LogP contribution >= 0.6 is 0 Å². The summed E-state index contributed by atoms with van der Waals surface area (Å²) in [5.74, 6) is 0.207. The maximum atomic E-state index is 11.6. The number of carbonyl (C=O) groups excluding carboxylic acids is 2. The molecule has 3 aromatic rings. The van der Waals surface area contributed by atoms with Crippen molar-refractivity contribution in [2.45, 2.75) is 27.7 Å². The first kappa shape index (κ1) is 16.0. The molecular weight excluding hydrogens is 304 g/mol. The molecule has 3 rings (SSSR count). The molecule has 24 heavy (non-hydrogen) atoms. The van der Waals surface area contributed by atoms with Gasteiger partial charge in [0.15, 0.2) is 0 Å². The van der Waals surface area contributed by atoms with Crippen LogP contribution in [0, 0.1) is 13.8 Å². The van der Waals surface area contributed by atoms with Gasteiger partial charge in [-0.3, -0.25) is 9.59 Å². The van der Waals surface area contributed by atoms with Crippen LogP contribution in [0.15, 0.2) is 36.4 Å². The monoisotopic (exact) mass is 322 g/mol. The lowest BCUT2D eigenvalue weighted by atomic mass is 9.98. The number of hydrogen-bond acceptors (Lipinski definition) is 4. The van der Waals surface area contributed by atoms with E-state index in [4.69, 9.17) is 9.47 Å². The molecule has 0 aromatic heterocycles. The van der Waals surface area contributed by atoms with Gasteiger partial charge in [-0.05, 0) is 26.0 Å². The Balaban J connectivity index is 2.52. The van der Waals surface area contributed by atoms with Crippen molar-refractivity contribution in [1.29, 1.82) is 0 Å². The minimum Gasteiger partial charge on any atom is -0.425 e. The Bertz CT molecular complexity index is 923. The van der Waals surface area contributed by atoms with Crippen molar-refractivity contribution >= 4 is 33.5 Å². The van der Waals surface area contributed by atoms with Crippen LogP contribution in [0.2, 0.25) is 0 Å². The van der Waals surface area contributed by atoms with Crippen molar-refractivity contribution in [3.8, 4) is 11.5 Å². The number of benzene rings is 3. The predicted octanol–water partition coefficient (Wildman–Crippen LogP) is 4.46. The fraction of sp³-hybridized carbons (Fsp3) is 0.200. The Kier molecular flexibility index (Phi) is 3.97. The molecule has 0 heterocycles. The van der Waals surface area contributed by atoms with Gasteiger partial charge in [0.25, 0.3) is 0 Å². The first-order chi connectivity index (χ1) is 11.4. The molecule has 0 spiro atoms. The normalized spacial score (nSPS) is 10.8. The van der Waals surface area contributed by atoms with Gasteiger partial charge in [-0.15, -0.1) is 0 Å². The van der Waals surface area contributed by atoms with Gasteiger partial charge in [0.2, 0.25) is 0 Å². The SMILES string of the molecule is CC(=O)Oc1c2ccc(C)cc2c(OC(C)=O)c2cc(C)ccc12. The predicted molar refractivity (Wildman–Crippen MR) is 93.5 cm³/mol. The van der Waals surface area contributed by atoms with E-state index in [2.05, 4.69) is 0 Å². The zero-order valence-electron chi connectivity index (χ0n) is 14.1. The molecule has 0 radical (unpaired) electrons. The number of rotatable bonds is 2. The lowest BCUT2D eigenvalue weighted by Crippen LogP contribution is -2.06. The zero-order valence-corrected chi connectivity index (χ0v) is 14.1. The van der Waals surface area contributed by atoms with Crippen molar-refractivity contribution in [3.63, 3.8) is 0 Å². The van der Waals surface area contributed by atoms with E-state index in [1.54, 1.807) is 0 Å². The molecule has 4 nitrogen and oxygen atoms in total. The van der Waals surface area contributed by atoms with E-state index in [9.17, 15) is 9.59 Å². The summed E-state index contributed by atoms with van der Waals surface area (Å²) in [6.45, 7) is 6.68. The molecule has 3 aromatic carbocycles. The number of aryl methyl sites for hydroxylation is 2. The summed E-state index contributed by atoms with van der Waals surface area (Å²) in [7, 11) is 0. The molecule has 0 bridgehead atoms. The summed E-state index contributed by atoms with van der Waals surface area (Å²) in [6, 6.07) is 11.5. The highest BCUT2D eigenvalue weighted by Gasteiger charge is 2.18. The molecule has 0 amide bonds. The quantitative estimate of drug-likeness (QED) is 0.397. The average molecular weight is 322 g/mol. The largest absolute Gasteiger partial charge is 0.425 e. The summed E-state index contributed by atoms with van der Waals surface area (Å²) in [4.78, 5) is 23.2. The molecule has 0 aliphatic heterocycles. The molecule has 0 unspecified atom stereocenters. The van der Waals surface area contributed by atoms with Crippen molar-refractivity contribution in [2.24, 2.45) is 0 Å². The van der Waals surface area contributed by atoms with Crippen molar-refractivity contribution in [3.05, 3.63) is 47.5 Å². The zero-order chi connectivity index (χ0) is 17.4. The standard InChI is InChI=1S/C20H18O4/c1-11-5-7-15-17(9-11)20(24-14(4)22)18-10-12(2)6-8-16(18)19(15)23-13(3)21/h5-10H,1-4H3. The van der Waals surface area contributed by atoms with Crippen LogP contribution in [0.5, 0.6) is 11.5 Å². The smallest absolute Gasteiger partial charge is 0.308 e. The van der Waals surface area contributed by atoms with E-state index in [0.717, 1.165) is 32.7 Å². The van der Waals surface area contributed by atoms with E-state index in [-0.39, 0.29) is 11.9 Å². The second kappa shape index (κ2) is 5.96. The van der Waals surface area contributed by atoms with Gasteiger partial charge in [0.1, 0.15) is 11.5 Å². The van der Waals surface area contributed by atoms with Crippen molar-refractivity contribution < 1.29 is 19.1 Å². The molecular formula is C20H18O4. The highest BCUT2D eigenvalue weighted by atomic mass is 16.5. The molecule has 0 saturated carbocycles. The van der Waals surface area contributed by atoms with Gasteiger partial charge in [-0.1, -0.05) is 35.4 Å². The summed E-state index contributed by atoms with van der Waals surface area (Å²) in [5, 5.41) is 2.98. The van der Waals surface area contributed by atoms with E-state index in [1.165, 1.54) is 13.8 Å². The van der Waals surface area contributed by atoms with Crippen LogP contribution in [-0.2, 0) is 9.59 Å². The van der Waals surface area contributed by atoms with Crippen LogP contribution in [-0.4, -0.2) is 11.9 Å². The fourth-order valence-electron chi connectivity index (χ4n) is 2.89. The number of esters is 2. The lowest BCUT2D eigenvalue weighted by Gasteiger charge is -2.16. The molecule has 122 valence electrons. The fourth-order valence-corrected chi connectivity index (χ4v) is 2.89. The Morgan fingerprint density at radius 3 is 1.42 bits per heavy atom.